The highest BCUT2D eigenvalue weighted by Gasteiger charge is 2.13. The van der Waals surface area contributed by atoms with Gasteiger partial charge < -0.3 is 10.1 Å². The third-order valence-corrected chi connectivity index (χ3v) is 6.49. The molecular formula is C24H28N4O2S. The van der Waals surface area contributed by atoms with E-state index in [0.717, 1.165) is 49.4 Å². The van der Waals surface area contributed by atoms with Gasteiger partial charge in [0.25, 0.3) is 0 Å². The molecule has 162 valence electrons. The highest BCUT2D eigenvalue weighted by molar-refractivity contribution is 7.99. The van der Waals surface area contributed by atoms with Gasteiger partial charge in [-0.25, -0.2) is 4.98 Å². The molecule has 0 bridgehead atoms. The van der Waals surface area contributed by atoms with Crippen LogP contribution in [0.1, 0.15) is 16.7 Å². The van der Waals surface area contributed by atoms with Gasteiger partial charge in [0.05, 0.1) is 24.7 Å². The molecule has 1 saturated heterocycles. The molecule has 0 spiro atoms. The topological polar surface area (TPSA) is 59.4 Å². The first kappa shape index (κ1) is 21.6. The lowest BCUT2D eigenvalue weighted by Gasteiger charge is -2.26. The summed E-state index contributed by atoms with van der Waals surface area (Å²) in [5, 5.41) is 3.79. The summed E-state index contributed by atoms with van der Waals surface area (Å²) in [5.41, 5.74) is 5.59. The molecule has 2 heterocycles. The number of imidazole rings is 1. The van der Waals surface area contributed by atoms with Crippen LogP contribution < -0.4 is 5.32 Å². The first-order valence-corrected chi connectivity index (χ1v) is 11.5. The van der Waals surface area contributed by atoms with Gasteiger partial charge in [-0.05, 0) is 48.7 Å². The number of aryl methyl sites for hydroxylation is 1. The van der Waals surface area contributed by atoms with Crippen LogP contribution in [-0.2, 0) is 16.1 Å². The lowest BCUT2D eigenvalue weighted by atomic mass is 10.1. The van der Waals surface area contributed by atoms with E-state index in [9.17, 15) is 4.79 Å². The van der Waals surface area contributed by atoms with Crippen LogP contribution in [0.3, 0.4) is 0 Å². The van der Waals surface area contributed by atoms with Crippen molar-refractivity contribution >= 4 is 23.4 Å². The van der Waals surface area contributed by atoms with Crippen LogP contribution >= 0.6 is 11.8 Å². The van der Waals surface area contributed by atoms with Gasteiger partial charge in [0.1, 0.15) is 0 Å². The molecule has 1 N–H and O–H groups in total. The fourth-order valence-corrected chi connectivity index (χ4v) is 4.38. The normalized spacial score (nSPS) is 14.5. The lowest BCUT2D eigenvalue weighted by molar-refractivity contribution is -0.113. The van der Waals surface area contributed by atoms with Crippen LogP contribution in [0.5, 0.6) is 0 Å². The van der Waals surface area contributed by atoms with Crippen LogP contribution in [0, 0.1) is 13.8 Å². The molecule has 1 aromatic heterocycles. The SMILES string of the molecule is Cc1cccc(-n2ccnc2SCC(=O)Nc2ccc(CN3CCOCC3)cc2)c1C. The molecule has 4 rings (SSSR count). The van der Waals surface area contributed by atoms with Crippen LogP contribution in [0.15, 0.2) is 60.0 Å². The van der Waals surface area contributed by atoms with Crippen molar-refractivity contribution in [1.29, 1.82) is 0 Å². The molecule has 0 radical (unpaired) electrons. The maximum Gasteiger partial charge on any atom is 0.234 e. The Hall–Kier alpha value is -2.61. The van der Waals surface area contributed by atoms with Gasteiger partial charge >= 0.3 is 0 Å². The monoisotopic (exact) mass is 436 g/mol. The van der Waals surface area contributed by atoms with Gasteiger partial charge in [-0.15, -0.1) is 0 Å². The Morgan fingerprint density at radius 2 is 1.90 bits per heavy atom. The molecule has 0 atom stereocenters. The van der Waals surface area contributed by atoms with Gasteiger partial charge in [-0.2, -0.15) is 0 Å². The van der Waals surface area contributed by atoms with E-state index in [2.05, 4.69) is 53.3 Å². The molecule has 0 unspecified atom stereocenters. The number of thioether (sulfide) groups is 1. The molecule has 0 aliphatic carbocycles. The van der Waals surface area contributed by atoms with E-state index >= 15 is 0 Å². The molecule has 2 aromatic carbocycles. The van der Waals surface area contributed by atoms with Crippen LogP contribution in [0.25, 0.3) is 5.69 Å². The number of hydrogen-bond acceptors (Lipinski definition) is 5. The number of anilines is 1. The molecule has 1 aliphatic rings. The van der Waals surface area contributed by atoms with Crippen LogP contribution in [0.4, 0.5) is 5.69 Å². The molecular weight excluding hydrogens is 408 g/mol. The van der Waals surface area contributed by atoms with Crippen molar-refractivity contribution in [3.63, 3.8) is 0 Å². The quantitative estimate of drug-likeness (QED) is 0.566. The number of rotatable bonds is 7. The summed E-state index contributed by atoms with van der Waals surface area (Å²) < 4.78 is 7.44. The number of morpholine rings is 1. The average Bonchev–Trinajstić information content (AvgIpc) is 3.25. The van der Waals surface area contributed by atoms with Gasteiger partial charge in [-0.3, -0.25) is 14.3 Å². The van der Waals surface area contributed by atoms with Crippen molar-refractivity contribution in [1.82, 2.24) is 14.5 Å². The zero-order chi connectivity index (χ0) is 21.6. The Balaban J connectivity index is 1.32. The largest absolute Gasteiger partial charge is 0.379 e. The van der Waals surface area contributed by atoms with E-state index in [1.807, 2.05) is 29.0 Å². The second-order valence-corrected chi connectivity index (χ2v) is 8.66. The van der Waals surface area contributed by atoms with Gasteiger partial charge in [0, 0.05) is 37.7 Å². The summed E-state index contributed by atoms with van der Waals surface area (Å²) in [6.07, 6.45) is 3.71. The Kier molecular flexibility index (Phi) is 7.06. The fourth-order valence-electron chi connectivity index (χ4n) is 3.61. The van der Waals surface area contributed by atoms with Crippen molar-refractivity contribution in [3.05, 3.63) is 71.5 Å². The average molecular weight is 437 g/mol. The maximum absolute atomic E-state index is 12.5. The summed E-state index contributed by atoms with van der Waals surface area (Å²) in [7, 11) is 0. The molecule has 7 heteroatoms. The number of amides is 1. The molecule has 1 amide bonds. The molecule has 1 fully saturated rings. The first-order chi connectivity index (χ1) is 15.1. The molecule has 3 aromatic rings. The number of aromatic nitrogens is 2. The van der Waals surface area contributed by atoms with E-state index < -0.39 is 0 Å². The molecule has 0 saturated carbocycles. The second-order valence-electron chi connectivity index (χ2n) is 7.72. The van der Waals surface area contributed by atoms with Crippen molar-refractivity contribution in [2.45, 2.75) is 25.5 Å². The highest BCUT2D eigenvalue weighted by atomic mass is 32.2. The minimum atomic E-state index is -0.0403. The minimum Gasteiger partial charge on any atom is -0.379 e. The first-order valence-electron chi connectivity index (χ1n) is 10.5. The number of carbonyl (C=O) groups is 1. The van der Waals surface area contributed by atoms with Gasteiger partial charge in [-0.1, -0.05) is 36.0 Å². The van der Waals surface area contributed by atoms with Crippen molar-refractivity contribution < 1.29 is 9.53 Å². The zero-order valence-electron chi connectivity index (χ0n) is 18.0. The number of hydrogen-bond donors (Lipinski definition) is 1. The summed E-state index contributed by atoms with van der Waals surface area (Å²) >= 11 is 1.44. The minimum absolute atomic E-state index is 0.0403. The van der Waals surface area contributed by atoms with E-state index in [1.54, 1.807) is 6.20 Å². The third-order valence-electron chi connectivity index (χ3n) is 5.52. The lowest BCUT2D eigenvalue weighted by Crippen LogP contribution is -2.35. The smallest absolute Gasteiger partial charge is 0.234 e. The van der Waals surface area contributed by atoms with E-state index in [-0.39, 0.29) is 5.91 Å². The van der Waals surface area contributed by atoms with Crippen LogP contribution in [0.2, 0.25) is 0 Å². The summed E-state index contributed by atoms with van der Waals surface area (Å²) in [4.78, 5) is 19.3. The highest BCUT2D eigenvalue weighted by Crippen LogP contribution is 2.24. The number of ether oxygens (including phenoxy) is 1. The number of nitrogens with one attached hydrogen (secondary N) is 1. The fraction of sp³-hybridized carbons (Fsp3) is 0.333. The third kappa shape index (κ3) is 5.55. The molecule has 1 aliphatic heterocycles. The van der Waals surface area contributed by atoms with E-state index in [4.69, 9.17) is 4.74 Å². The number of carbonyl (C=O) groups excluding carboxylic acids is 1. The summed E-state index contributed by atoms with van der Waals surface area (Å²) in [6.45, 7) is 8.65. The second kappa shape index (κ2) is 10.1. The standard InChI is InChI=1S/C24H28N4O2S/c1-18-4-3-5-22(19(18)2)28-11-10-25-24(28)31-17-23(29)26-21-8-6-20(7-9-21)16-27-12-14-30-15-13-27/h3-11H,12-17H2,1-2H3,(H,26,29). The predicted octanol–water partition coefficient (Wildman–Crippen LogP) is 4.05. The van der Waals surface area contributed by atoms with Crippen molar-refractivity contribution in [3.8, 4) is 5.69 Å². The van der Waals surface area contributed by atoms with Gasteiger partial charge in [0.2, 0.25) is 5.91 Å². The van der Waals surface area contributed by atoms with Crippen LogP contribution in [-0.4, -0.2) is 52.4 Å². The Labute approximate surface area is 187 Å². The van der Waals surface area contributed by atoms with Crippen molar-refractivity contribution in [2.24, 2.45) is 0 Å². The summed E-state index contributed by atoms with van der Waals surface area (Å²) in [6, 6.07) is 14.3. The molecule has 31 heavy (non-hydrogen) atoms. The number of nitrogens with zero attached hydrogens (tertiary/aromatic N) is 3. The van der Waals surface area contributed by atoms with E-state index in [0.29, 0.717) is 5.75 Å². The summed E-state index contributed by atoms with van der Waals surface area (Å²) in [5.74, 6) is 0.263. The molecule has 6 nitrogen and oxygen atoms in total. The van der Waals surface area contributed by atoms with E-state index in [1.165, 1.54) is 28.5 Å². The maximum atomic E-state index is 12.5. The van der Waals surface area contributed by atoms with Gasteiger partial charge in [0.15, 0.2) is 5.16 Å². The predicted molar refractivity (Wildman–Crippen MR) is 125 cm³/mol. The zero-order valence-corrected chi connectivity index (χ0v) is 18.8. The van der Waals surface area contributed by atoms with Crippen molar-refractivity contribution in [2.75, 3.05) is 37.4 Å². The number of benzene rings is 2. The Bertz CT molecular complexity index is 1030. The Morgan fingerprint density at radius 1 is 1.13 bits per heavy atom. The Morgan fingerprint density at radius 3 is 2.68 bits per heavy atom.